The Morgan fingerprint density at radius 1 is 1.14 bits per heavy atom. The topological polar surface area (TPSA) is 97.3 Å². The molecular formula is C22H20NO6-. The molecule has 1 aliphatic heterocycles. The van der Waals surface area contributed by atoms with E-state index in [1.54, 1.807) is 48.5 Å². The van der Waals surface area contributed by atoms with Gasteiger partial charge in [-0.2, -0.15) is 0 Å². The number of esters is 1. The normalized spacial score (nSPS) is 14.4. The first-order chi connectivity index (χ1) is 14.1. The molecule has 0 aliphatic carbocycles. The Hall–Kier alpha value is -3.61. The molecular weight excluding hydrogens is 374 g/mol. The molecule has 0 unspecified atom stereocenters. The summed E-state index contributed by atoms with van der Waals surface area (Å²) < 4.78 is 16.1. The van der Waals surface area contributed by atoms with Crippen LogP contribution in [0.2, 0.25) is 0 Å². The van der Waals surface area contributed by atoms with Crippen LogP contribution in [-0.2, 0) is 14.3 Å². The van der Waals surface area contributed by atoms with Gasteiger partial charge in [-0.05, 0) is 42.8 Å². The molecule has 1 aliphatic rings. The van der Waals surface area contributed by atoms with Gasteiger partial charge in [0, 0.05) is 11.1 Å². The van der Waals surface area contributed by atoms with Crippen LogP contribution in [0.4, 0.5) is 0 Å². The largest absolute Gasteiger partial charge is 0.546 e. The molecule has 0 fully saturated rings. The second-order valence-electron chi connectivity index (χ2n) is 6.26. The van der Waals surface area contributed by atoms with Crippen molar-refractivity contribution in [3.05, 3.63) is 65.4 Å². The molecule has 7 heteroatoms. The van der Waals surface area contributed by atoms with Crippen LogP contribution in [0.25, 0.3) is 6.08 Å². The number of benzene rings is 2. The second-order valence-corrected chi connectivity index (χ2v) is 6.26. The Balaban J connectivity index is 1.77. The summed E-state index contributed by atoms with van der Waals surface area (Å²) >= 11 is 0. The lowest BCUT2D eigenvalue weighted by atomic mass is 10.1. The lowest BCUT2D eigenvalue weighted by molar-refractivity contribution is -0.307. The Kier molecular flexibility index (Phi) is 6.63. The summed E-state index contributed by atoms with van der Waals surface area (Å²) in [7, 11) is 0. The molecule has 0 amide bonds. The number of cyclic esters (lactones) is 1. The number of unbranched alkanes of at least 4 members (excludes halogenated alkanes) is 1. The summed E-state index contributed by atoms with van der Waals surface area (Å²) in [4.78, 5) is 27.1. The maximum atomic E-state index is 12.2. The number of aliphatic carboxylic acids is 1. The van der Waals surface area contributed by atoms with Gasteiger partial charge in [0.1, 0.15) is 18.1 Å². The zero-order chi connectivity index (χ0) is 20.6. The van der Waals surface area contributed by atoms with Gasteiger partial charge in [0.25, 0.3) is 0 Å². The molecule has 0 saturated heterocycles. The van der Waals surface area contributed by atoms with Gasteiger partial charge in [-0.3, -0.25) is 0 Å². The fraction of sp³-hybridized carbons (Fsp3) is 0.227. The fourth-order valence-electron chi connectivity index (χ4n) is 2.58. The molecule has 0 radical (unpaired) electrons. The highest BCUT2D eigenvalue weighted by atomic mass is 16.6. The Morgan fingerprint density at radius 3 is 2.62 bits per heavy atom. The molecule has 29 heavy (non-hydrogen) atoms. The van der Waals surface area contributed by atoms with Crippen LogP contribution in [0, 0.1) is 0 Å². The summed E-state index contributed by atoms with van der Waals surface area (Å²) in [6.45, 7) is 2.15. The van der Waals surface area contributed by atoms with Gasteiger partial charge in [0.15, 0.2) is 5.70 Å². The number of nitrogens with zero attached hydrogens (tertiary/aromatic N) is 1. The minimum absolute atomic E-state index is 0.0905. The van der Waals surface area contributed by atoms with Crippen LogP contribution in [-0.4, -0.2) is 31.1 Å². The predicted molar refractivity (Wildman–Crippen MR) is 104 cm³/mol. The summed E-state index contributed by atoms with van der Waals surface area (Å²) in [5, 5.41) is 10.6. The lowest BCUT2D eigenvalue weighted by Gasteiger charge is -2.09. The van der Waals surface area contributed by atoms with Crippen LogP contribution >= 0.6 is 0 Å². The van der Waals surface area contributed by atoms with E-state index >= 15 is 0 Å². The van der Waals surface area contributed by atoms with Gasteiger partial charge < -0.3 is 24.1 Å². The van der Waals surface area contributed by atoms with Crippen LogP contribution in [0.15, 0.2) is 59.2 Å². The second kappa shape index (κ2) is 9.54. The molecule has 0 saturated carbocycles. The zero-order valence-electron chi connectivity index (χ0n) is 15.9. The van der Waals surface area contributed by atoms with Crippen molar-refractivity contribution in [2.75, 3.05) is 13.2 Å². The van der Waals surface area contributed by atoms with Gasteiger partial charge in [0.05, 0.1) is 12.6 Å². The van der Waals surface area contributed by atoms with Crippen molar-refractivity contribution in [1.29, 1.82) is 0 Å². The standard InChI is InChI=1S/C22H21NO6/c1-2-3-12-27-17-10-8-15(9-11-17)21-23-18(22(26)29-21)13-16-6-4-5-7-19(16)28-14-20(24)25/h4-11,13H,2-3,12,14H2,1H3,(H,24,25)/p-1/b18-13-. The highest BCUT2D eigenvalue weighted by molar-refractivity contribution is 6.13. The van der Waals surface area contributed by atoms with E-state index in [0.29, 0.717) is 23.5 Å². The predicted octanol–water partition coefficient (Wildman–Crippen LogP) is 2.34. The number of ether oxygens (including phenoxy) is 3. The molecule has 2 aromatic rings. The first-order valence-electron chi connectivity index (χ1n) is 9.24. The fourth-order valence-corrected chi connectivity index (χ4v) is 2.58. The molecule has 0 spiro atoms. The molecule has 0 atom stereocenters. The average Bonchev–Trinajstić information content (AvgIpc) is 3.08. The van der Waals surface area contributed by atoms with E-state index < -0.39 is 18.5 Å². The van der Waals surface area contributed by atoms with Crippen LogP contribution in [0.5, 0.6) is 11.5 Å². The van der Waals surface area contributed by atoms with E-state index in [9.17, 15) is 14.7 Å². The highest BCUT2D eigenvalue weighted by Gasteiger charge is 2.24. The van der Waals surface area contributed by atoms with Gasteiger partial charge in [-0.15, -0.1) is 0 Å². The summed E-state index contributed by atoms with van der Waals surface area (Å²) in [5.41, 5.74) is 1.24. The van der Waals surface area contributed by atoms with E-state index in [-0.39, 0.29) is 11.6 Å². The van der Waals surface area contributed by atoms with E-state index in [1.165, 1.54) is 6.08 Å². The minimum Gasteiger partial charge on any atom is -0.546 e. The number of hydrogen-bond acceptors (Lipinski definition) is 7. The number of aliphatic imine (C=N–C) groups is 1. The number of carboxylic acids is 1. The summed E-state index contributed by atoms with van der Waals surface area (Å²) in [5.74, 6) is -0.709. The maximum Gasteiger partial charge on any atom is 0.363 e. The molecule has 1 heterocycles. The smallest absolute Gasteiger partial charge is 0.363 e. The molecule has 150 valence electrons. The highest BCUT2D eigenvalue weighted by Crippen LogP contribution is 2.25. The van der Waals surface area contributed by atoms with Gasteiger partial charge in [0.2, 0.25) is 5.90 Å². The molecule has 0 N–H and O–H groups in total. The van der Waals surface area contributed by atoms with Crippen molar-refractivity contribution >= 4 is 23.9 Å². The number of carbonyl (C=O) groups excluding carboxylic acids is 2. The number of rotatable bonds is 9. The number of carboxylic acid groups (broad SMARTS) is 1. The van der Waals surface area contributed by atoms with Gasteiger partial charge in [-0.1, -0.05) is 31.5 Å². The third-order valence-corrected chi connectivity index (χ3v) is 4.05. The molecule has 3 rings (SSSR count). The van der Waals surface area contributed by atoms with Crippen molar-refractivity contribution in [3.8, 4) is 11.5 Å². The van der Waals surface area contributed by atoms with Crippen LogP contribution in [0.1, 0.15) is 30.9 Å². The van der Waals surface area contributed by atoms with Crippen LogP contribution < -0.4 is 14.6 Å². The van der Waals surface area contributed by atoms with Gasteiger partial charge >= 0.3 is 5.97 Å². The van der Waals surface area contributed by atoms with E-state index in [0.717, 1.165) is 18.6 Å². The van der Waals surface area contributed by atoms with Crippen molar-refractivity contribution in [2.24, 2.45) is 4.99 Å². The maximum absolute atomic E-state index is 12.2. The number of para-hydroxylation sites is 1. The van der Waals surface area contributed by atoms with Crippen molar-refractivity contribution < 1.29 is 28.9 Å². The van der Waals surface area contributed by atoms with E-state index in [1.807, 2.05) is 0 Å². The van der Waals surface area contributed by atoms with Crippen molar-refractivity contribution in [3.63, 3.8) is 0 Å². The number of hydrogen-bond donors (Lipinski definition) is 0. The van der Waals surface area contributed by atoms with Gasteiger partial charge in [-0.25, -0.2) is 9.79 Å². The Bertz CT molecular complexity index is 946. The Morgan fingerprint density at radius 2 is 1.90 bits per heavy atom. The number of carbonyl (C=O) groups is 2. The quantitative estimate of drug-likeness (QED) is 0.368. The average molecular weight is 394 g/mol. The van der Waals surface area contributed by atoms with E-state index in [2.05, 4.69) is 11.9 Å². The Labute approximate surface area is 168 Å². The first-order valence-corrected chi connectivity index (χ1v) is 9.24. The van der Waals surface area contributed by atoms with Crippen molar-refractivity contribution in [2.45, 2.75) is 19.8 Å². The molecule has 7 nitrogen and oxygen atoms in total. The summed E-state index contributed by atoms with van der Waals surface area (Å²) in [6, 6.07) is 13.8. The van der Waals surface area contributed by atoms with Crippen molar-refractivity contribution in [1.82, 2.24) is 0 Å². The minimum atomic E-state index is -1.34. The molecule has 0 bridgehead atoms. The first kappa shape index (κ1) is 20.1. The molecule has 0 aromatic heterocycles. The SMILES string of the molecule is CCCCOc1ccc(C2=N/C(=C\c3ccccc3OCC(=O)[O-])C(=O)O2)cc1. The third kappa shape index (κ3) is 5.44. The van der Waals surface area contributed by atoms with Crippen LogP contribution in [0.3, 0.4) is 0 Å². The zero-order valence-corrected chi connectivity index (χ0v) is 15.9. The van der Waals surface area contributed by atoms with E-state index in [4.69, 9.17) is 14.2 Å². The third-order valence-electron chi connectivity index (χ3n) is 4.05. The monoisotopic (exact) mass is 394 g/mol. The molecule has 2 aromatic carbocycles. The summed E-state index contributed by atoms with van der Waals surface area (Å²) in [6.07, 6.45) is 3.53. The lowest BCUT2D eigenvalue weighted by Crippen LogP contribution is -2.29.